The van der Waals surface area contributed by atoms with Crippen LogP contribution in [0, 0.1) is 0 Å². The lowest BCUT2D eigenvalue weighted by atomic mass is 10.0. The Morgan fingerprint density at radius 1 is 0.815 bits per heavy atom. The lowest BCUT2D eigenvalue weighted by Gasteiger charge is -2.11. The minimum atomic E-state index is -0.163. The molecule has 0 aliphatic carbocycles. The van der Waals surface area contributed by atoms with E-state index in [-0.39, 0.29) is 5.56 Å². The molecule has 27 heavy (non-hydrogen) atoms. The van der Waals surface area contributed by atoms with Crippen LogP contribution in [0.15, 0.2) is 59.4 Å². The van der Waals surface area contributed by atoms with Crippen LogP contribution < -0.4 is 19.8 Å². The molecule has 0 amide bonds. The van der Waals surface area contributed by atoms with E-state index in [4.69, 9.17) is 14.2 Å². The van der Waals surface area contributed by atoms with E-state index in [1.165, 1.54) is 0 Å². The van der Waals surface area contributed by atoms with Crippen molar-refractivity contribution in [2.75, 3.05) is 20.8 Å². The first-order valence-corrected chi connectivity index (χ1v) is 8.84. The Morgan fingerprint density at radius 3 is 2.19 bits per heavy atom. The van der Waals surface area contributed by atoms with Gasteiger partial charge in [0.15, 0.2) is 11.5 Å². The van der Waals surface area contributed by atoms with Crippen molar-refractivity contribution in [1.82, 2.24) is 4.98 Å². The maximum absolute atomic E-state index is 12.2. The quantitative estimate of drug-likeness (QED) is 0.669. The molecule has 0 radical (unpaired) electrons. The highest BCUT2D eigenvalue weighted by Crippen LogP contribution is 2.32. The molecule has 2 aromatic carbocycles. The van der Waals surface area contributed by atoms with Crippen LogP contribution in [0.1, 0.15) is 13.3 Å². The Morgan fingerprint density at radius 2 is 1.52 bits per heavy atom. The highest BCUT2D eigenvalue weighted by molar-refractivity contribution is 5.72. The molecule has 0 bridgehead atoms. The van der Waals surface area contributed by atoms with E-state index in [1.54, 1.807) is 20.3 Å². The van der Waals surface area contributed by atoms with Crippen LogP contribution in [0.25, 0.3) is 22.4 Å². The van der Waals surface area contributed by atoms with Gasteiger partial charge in [-0.25, -0.2) is 0 Å². The van der Waals surface area contributed by atoms with Crippen molar-refractivity contribution >= 4 is 0 Å². The molecule has 5 nitrogen and oxygen atoms in total. The van der Waals surface area contributed by atoms with Gasteiger partial charge in [0.2, 0.25) is 5.56 Å². The van der Waals surface area contributed by atoms with Gasteiger partial charge in [0, 0.05) is 17.3 Å². The zero-order valence-corrected chi connectivity index (χ0v) is 15.7. The molecule has 0 unspecified atom stereocenters. The smallest absolute Gasteiger partial charge is 0.249 e. The fourth-order valence-corrected chi connectivity index (χ4v) is 2.83. The molecule has 140 valence electrons. The Labute approximate surface area is 158 Å². The molecule has 3 rings (SSSR count). The van der Waals surface area contributed by atoms with Gasteiger partial charge in [0.1, 0.15) is 5.75 Å². The molecule has 1 heterocycles. The van der Waals surface area contributed by atoms with Crippen molar-refractivity contribution in [3.8, 4) is 39.6 Å². The van der Waals surface area contributed by atoms with E-state index in [1.807, 2.05) is 48.5 Å². The van der Waals surface area contributed by atoms with Crippen LogP contribution >= 0.6 is 0 Å². The van der Waals surface area contributed by atoms with Crippen molar-refractivity contribution in [3.63, 3.8) is 0 Å². The summed E-state index contributed by atoms with van der Waals surface area (Å²) in [6.45, 7) is 2.76. The second kappa shape index (κ2) is 8.45. The average molecular weight is 365 g/mol. The number of ether oxygens (including phenoxy) is 3. The van der Waals surface area contributed by atoms with Gasteiger partial charge < -0.3 is 19.2 Å². The Bertz CT molecular complexity index is 961. The van der Waals surface area contributed by atoms with E-state index in [0.29, 0.717) is 23.8 Å². The minimum Gasteiger partial charge on any atom is -0.494 e. The first-order valence-electron chi connectivity index (χ1n) is 8.84. The van der Waals surface area contributed by atoms with E-state index >= 15 is 0 Å². The number of aromatic nitrogens is 1. The summed E-state index contributed by atoms with van der Waals surface area (Å²) in [5.41, 5.74) is 3.18. The summed E-state index contributed by atoms with van der Waals surface area (Å²) in [6.07, 6.45) is 0.963. The molecule has 0 saturated heterocycles. The molecular formula is C22H23NO4. The predicted octanol–water partition coefficient (Wildman–Crippen LogP) is 4.51. The van der Waals surface area contributed by atoms with Gasteiger partial charge in [0.05, 0.1) is 20.8 Å². The van der Waals surface area contributed by atoms with Crippen molar-refractivity contribution in [3.05, 3.63) is 65.0 Å². The molecule has 0 fully saturated rings. The Kier molecular flexibility index (Phi) is 5.81. The lowest BCUT2D eigenvalue weighted by Crippen LogP contribution is -2.06. The highest BCUT2D eigenvalue weighted by Gasteiger charge is 2.09. The number of rotatable bonds is 7. The first kappa shape index (κ1) is 18.6. The third-order valence-electron chi connectivity index (χ3n) is 4.20. The third kappa shape index (κ3) is 4.31. The van der Waals surface area contributed by atoms with Gasteiger partial charge >= 0.3 is 0 Å². The van der Waals surface area contributed by atoms with Crippen molar-refractivity contribution in [2.24, 2.45) is 0 Å². The number of pyridine rings is 1. The molecule has 1 aromatic heterocycles. The van der Waals surface area contributed by atoms with E-state index < -0.39 is 0 Å². The van der Waals surface area contributed by atoms with Crippen LogP contribution in [-0.2, 0) is 0 Å². The SMILES string of the molecule is CCCOc1ccc(-c2cc(-c3ccc(OC)c(OC)c3)[nH]c(=O)c2)cc1. The zero-order valence-electron chi connectivity index (χ0n) is 15.7. The average Bonchev–Trinajstić information content (AvgIpc) is 2.71. The lowest BCUT2D eigenvalue weighted by molar-refractivity contribution is 0.317. The molecule has 0 atom stereocenters. The maximum atomic E-state index is 12.2. The molecule has 0 aliphatic heterocycles. The van der Waals surface area contributed by atoms with Gasteiger partial charge in [0.25, 0.3) is 0 Å². The number of nitrogens with one attached hydrogen (secondary N) is 1. The summed E-state index contributed by atoms with van der Waals surface area (Å²) in [5, 5.41) is 0. The summed E-state index contributed by atoms with van der Waals surface area (Å²) >= 11 is 0. The van der Waals surface area contributed by atoms with E-state index in [9.17, 15) is 4.79 Å². The summed E-state index contributed by atoms with van der Waals surface area (Å²) in [7, 11) is 3.18. The normalized spacial score (nSPS) is 10.5. The third-order valence-corrected chi connectivity index (χ3v) is 4.20. The molecule has 0 spiro atoms. The van der Waals surface area contributed by atoms with Crippen LogP contribution in [-0.4, -0.2) is 25.8 Å². The van der Waals surface area contributed by atoms with Crippen LogP contribution in [0.2, 0.25) is 0 Å². The summed E-state index contributed by atoms with van der Waals surface area (Å²) in [6, 6.07) is 16.8. The second-order valence-corrected chi connectivity index (χ2v) is 6.09. The molecule has 0 aliphatic rings. The summed E-state index contributed by atoms with van der Waals surface area (Å²) < 4.78 is 16.2. The fraction of sp³-hybridized carbons (Fsp3) is 0.227. The molecule has 3 aromatic rings. The van der Waals surface area contributed by atoms with Crippen LogP contribution in [0.5, 0.6) is 17.2 Å². The second-order valence-electron chi connectivity index (χ2n) is 6.09. The maximum Gasteiger partial charge on any atom is 0.249 e. The Hall–Kier alpha value is -3.21. The van der Waals surface area contributed by atoms with E-state index in [2.05, 4.69) is 11.9 Å². The fourth-order valence-electron chi connectivity index (χ4n) is 2.83. The molecule has 5 heteroatoms. The number of hydrogen-bond donors (Lipinski definition) is 1. The summed E-state index contributed by atoms with van der Waals surface area (Å²) in [4.78, 5) is 15.1. The van der Waals surface area contributed by atoms with Crippen molar-refractivity contribution < 1.29 is 14.2 Å². The number of H-pyrrole nitrogens is 1. The Balaban J connectivity index is 1.96. The van der Waals surface area contributed by atoms with Gasteiger partial charge in [-0.3, -0.25) is 4.79 Å². The molecule has 0 saturated carbocycles. The van der Waals surface area contributed by atoms with Gasteiger partial charge in [-0.2, -0.15) is 0 Å². The van der Waals surface area contributed by atoms with E-state index in [0.717, 1.165) is 28.9 Å². The first-order chi connectivity index (χ1) is 13.1. The highest BCUT2D eigenvalue weighted by atomic mass is 16.5. The minimum absolute atomic E-state index is 0.163. The topological polar surface area (TPSA) is 60.6 Å². The van der Waals surface area contributed by atoms with Crippen LogP contribution in [0.3, 0.4) is 0 Å². The number of hydrogen-bond acceptors (Lipinski definition) is 4. The van der Waals surface area contributed by atoms with Crippen molar-refractivity contribution in [2.45, 2.75) is 13.3 Å². The van der Waals surface area contributed by atoms with Gasteiger partial charge in [-0.15, -0.1) is 0 Å². The standard InChI is InChI=1S/C22H23NO4/c1-4-11-27-18-8-5-15(6-9-18)17-12-19(23-22(24)14-17)16-7-10-20(25-2)21(13-16)26-3/h5-10,12-14H,4,11H2,1-3H3,(H,23,24). The monoisotopic (exact) mass is 365 g/mol. The summed E-state index contributed by atoms with van der Waals surface area (Å²) in [5.74, 6) is 2.08. The van der Waals surface area contributed by atoms with Gasteiger partial charge in [-0.05, 0) is 53.9 Å². The number of aromatic amines is 1. The zero-order chi connectivity index (χ0) is 19.2. The number of methoxy groups -OCH3 is 2. The predicted molar refractivity (Wildman–Crippen MR) is 107 cm³/mol. The number of benzene rings is 2. The molecule has 1 N–H and O–H groups in total. The molecular weight excluding hydrogens is 342 g/mol. The largest absolute Gasteiger partial charge is 0.494 e. The van der Waals surface area contributed by atoms with Crippen molar-refractivity contribution in [1.29, 1.82) is 0 Å². The van der Waals surface area contributed by atoms with Crippen LogP contribution in [0.4, 0.5) is 0 Å². The van der Waals surface area contributed by atoms with Gasteiger partial charge in [-0.1, -0.05) is 19.1 Å².